The number of hydrogen-bond acceptors (Lipinski definition) is 4. The average Bonchev–Trinajstić information content (AvgIpc) is 2.88. The number of halogens is 1. The van der Waals surface area contributed by atoms with Crippen LogP contribution in [-0.4, -0.2) is 47.8 Å². The van der Waals surface area contributed by atoms with Gasteiger partial charge in [-0.25, -0.2) is 0 Å². The van der Waals surface area contributed by atoms with E-state index < -0.39 is 0 Å². The zero-order valence-electron chi connectivity index (χ0n) is 11.0. The van der Waals surface area contributed by atoms with Gasteiger partial charge in [0.15, 0.2) is 0 Å². The number of hydrogen-bond donors (Lipinski definition) is 1. The van der Waals surface area contributed by atoms with E-state index in [9.17, 15) is 0 Å². The van der Waals surface area contributed by atoms with Gasteiger partial charge in [0.05, 0.1) is 12.7 Å². The van der Waals surface area contributed by atoms with Crippen molar-refractivity contribution in [1.29, 1.82) is 0 Å². The summed E-state index contributed by atoms with van der Waals surface area (Å²) in [5.74, 6) is 0. The quantitative estimate of drug-likeness (QED) is 0.916. The van der Waals surface area contributed by atoms with Crippen LogP contribution in [0, 0.1) is 0 Å². The molecule has 2 fully saturated rings. The SMILES string of the molecule is NC(Cc1ccc(Br)cn1)C1CN2CCCC2CO1. The molecule has 0 radical (unpaired) electrons. The molecule has 0 bridgehead atoms. The highest BCUT2D eigenvalue weighted by Gasteiger charge is 2.34. The van der Waals surface area contributed by atoms with E-state index in [1.54, 1.807) is 0 Å². The Labute approximate surface area is 122 Å². The fourth-order valence-electron chi connectivity index (χ4n) is 3.00. The van der Waals surface area contributed by atoms with Gasteiger partial charge in [-0.05, 0) is 47.4 Å². The van der Waals surface area contributed by atoms with E-state index in [-0.39, 0.29) is 12.1 Å². The summed E-state index contributed by atoms with van der Waals surface area (Å²) in [5.41, 5.74) is 7.33. The summed E-state index contributed by atoms with van der Waals surface area (Å²) in [6, 6.07) is 4.68. The first-order chi connectivity index (χ1) is 9.22. The zero-order valence-corrected chi connectivity index (χ0v) is 12.6. The number of nitrogens with zero attached hydrogens (tertiary/aromatic N) is 2. The van der Waals surface area contributed by atoms with Crippen molar-refractivity contribution < 1.29 is 4.74 Å². The highest BCUT2D eigenvalue weighted by atomic mass is 79.9. The van der Waals surface area contributed by atoms with E-state index in [0.29, 0.717) is 6.04 Å². The normalized spacial score (nSPS) is 29.2. The van der Waals surface area contributed by atoms with Gasteiger partial charge in [-0.2, -0.15) is 0 Å². The van der Waals surface area contributed by atoms with Crippen molar-refractivity contribution in [3.05, 3.63) is 28.5 Å². The molecular weight excluding hydrogens is 306 g/mol. The molecule has 3 unspecified atom stereocenters. The Hall–Kier alpha value is -0.490. The molecule has 104 valence electrons. The first-order valence-electron chi connectivity index (χ1n) is 6.94. The lowest BCUT2D eigenvalue weighted by molar-refractivity contribution is -0.0590. The number of nitrogens with two attached hydrogens (primary N) is 1. The van der Waals surface area contributed by atoms with Crippen LogP contribution in [0.15, 0.2) is 22.8 Å². The molecule has 0 amide bonds. The molecule has 2 aliphatic rings. The predicted molar refractivity (Wildman–Crippen MR) is 78.0 cm³/mol. The van der Waals surface area contributed by atoms with Crippen LogP contribution in [0.3, 0.4) is 0 Å². The van der Waals surface area contributed by atoms with Crippen LogP contribution in [0.1, 0.15) is 18.5 Å². The van der Waals surface area contributed by atoms with Gasteiger partial charge in [-0.15, -0.1) is 0 Å². The monoisotopic (exact) mass is 325 g/mol. The predicted octanol–water partition coefficient (Wildman–Crippen LogP) is 1.58. The summed E-state index contributed by atoms with van der Waals surface area (Å²) in [6.45, 7) is 3.02. The highest BCUT2D eigenvalue weighted by Crippen LogP contribution is 2.24. The molecule has 4 nitrogen and oxygen atoms in total. The third-order valence-electron chi connectivity index (χ3n) is 4.13. The van der Waals surface area contributed by atoms with E-state index >= 15 is 0 Å². The van der Waals surface area contributed by atoms with Crippen LogP contribution in [0.4, 0.5) is 0 Å². The number of pyridine rings is 1. The molecule has 2 N–H and O–H groups in total. The van der Waals surface area contributed by atoms with Crippen LogP contribution in [0.25, 0.3) is 0 Å². The maximum Gasteiger partial charge on any atom is 0.0857 e. The lowest BCUT2D eigenvalue weighted by atomic mass is 10.0. The second kappa shape index (κ2) is 5.87. The zero-order chi connectivity index (χ0) is 13.2. The summed E-state index contributed by atoms with van der Waals surface area (Å²) in [5, 5.41) is 0. The number of morpholine rings is 1. The van der Waals surface area contributed by atoms with Gasteiger partial charge >= 0.3 is 0 Å². The van der Waals surface area contributed by atoms with E-state index in [1.165, 1.54) is 19.4 Å². The first-order valence-corrected chi connectivity index (χ1v) is 7.73. The van der Waals surface area contributed by atoms with Crippen LogP contribution in [0.5, 0.6) is 0 Å². The first kappa shape index (κ1) is 13.5. The molecule has 19 heavy (non-hydrogen) atoms. The summed E-state index contributed by atoms with van der Waals surface area (Å²) in [4.78, 5) is 6.91. The lowest BCUT2D eigenvalue weighted by Crippen LogP contribution is -2.53. The number of ether oxygens (including phenoxy) is 1. The van der Waals surface area contributed by atoms with Crippen LogP contribution in [-0.2, 0) is 11.2 Å². The van der Waals surface area contributed by atoms with E-state index in [2.05, 4.69) is 25.8 Å². The third-order valence-corrected chi connectivity index (χ3v) is 4.60. The van der Waals surface area contributed by atoms with Gasteiger partial charge in [0.2, 0.25) is 0 Å². The van der Waals surface area contributed by atoms with Crippen LogP contribution in [0.2, 0.25) is 0 Å². The van der Waals surface area contributed by atoms with Crippen LogP contribution < -0.4 is 5.73 Å². The maximum atomic E-state index is 6.30. The smallest absolute Gasteiger partial charge is 0.0857 e. The molecule has 5 heteroatoms. The standard InChI is InChI=1S/C14H20BrN3O/c15-10-3-4-11(17-7-10)6-13(16)14-8-18-5-1-2-12(18)9-19-14/h3-4,7,12-14H,1-2,5-6,8-9,16H2. The summed E-state index contributed by atoms with van der Waals surface area (Å²) < 4.78 is 6.94. The Morgan fingerprint density at radius 2 is 2.42 bits per heavy atom. The van der Waals surface area contributed by atoms with Crippen molar-refractivity contribution in [2.24, 2.45) is 5.73 Å². The number of rotatable bonds is 3. The fraction of sp³-hybridized carbons (Fsp3) is 0.643. The van der Waals surface area contributed by atoms with Crippen molar-refractivity contribution in [3.8, 4) is 0 Å². The van der Waals surface area contributed by atoms with Crippen molar-refractivity contribution in [1.82, 2.24) is 9.88 Å². The molecule has 0 aliphatic carbocycles. The van der Waals surface area contributed by atoms with E-state index in [1.807, 2.05) is 18.3 Å². The van der Waals surface area contributed by atoms with Crippen molar-refractivity contribution >= 4 is 15.9 Å². The Balaban J connectivity index is 1.58. The van der Waals surface area contributed by atoms with Crippen molar-refractivity contribution in [3.63, 3.8) is 0 Å². The van der Waals surface area contributed by atoms with Gasteiger partial charge in [-0.3, -0.25) is 9.88 Å². The second-order valence-corrected chi connectivity index (χ2v) is 6.41. The minimum Gasteiger partial charge on any atom is -0.374 e. The Kier molecular flexibility index (Phi) is 4.17. The number of aromatic nitrogens is 1. The Bertz CT molecular complexity index is 425. The van der Waals surface area contributed by atoms with Crippen molar-refractivity contribution in [2.45, 2.75) is 37.5 Å². The van der Waals surface area contributed by atoms with E-state index in [0.717, 1.165) is 29.7 Å². The molecule has 1 aromatic heterocycles. The lowest BCUT2D eigenvalue weighted by Gasteiger charge is -2.37. The van der Waals surface area contributed by atoms with Gasteiger partial charge in [0, 0.05) is 41.4 Å². The minimum absolute atomic E-state index is 0.0234. The summed E-state index contributed by atoms with van der Waals surface area (Å²) in [6.07, 6.45) is 5.30. The van der Waals surface area contributed by atoms with Gasteiger partial charge in [0.25, 0.3) is 0 Å². The molecule has 1 aromatic rings. The molecule has 3 rings (SSSR count). The molecule has 0 saturated carbocycles. The summed E-state index contributed by atoms with van der Waals surface area (Å²) >= 11 is 3.39. The fourth-order valence-corrected chi connectivity index (χ4v) is 3.24. The van der Waals surface area contributed by atoms with Crippen molar-refractivity contribution in [2.75, 3.05) is 19.7 Å². The Morgan fingerprint density at radius 1 is 1.53 bits per heavy atom. The molecule has 2 aliphatic heterocycles. The van der Waals surface area contributed by atoms with Crippen LogP contribution >= 0.6 is 15.9 Å². The highest BCUT2D eigenvalue weighted by molar-refractivity contribution is 9.10. The van der Waals surface area contributed by atoms with E-state index in [4.69, 9.17) is 10.5 Å². The minimum atomic E-state index is 0.0234. The molecule has 3 heterocycles. The molecule has 3 atom stereocenters. The Morgan fingerprint density at radius 3 is 3.21 bits per heavy atom. The molecule has 0 aromatic carbocycles. The topological polar surface area (TPSA) is 51.4 Å². The van der Waals surface area contributed by atoms with Gasteiger partial charge in [0.1, 0.15) is 0 Å². The maximum absolute atomic E-state index is 6.30. The summed E-state index contributed by atoms with van der Waals surface area (Å²) in [7, 11) is 0. The third kappa shape index (κ3) is 3.16. The molecule has 0 spiro atoms. The second-order valence-electron chi connectivity index (χ2n) is 5.50. The van der Waals surface area contributed by atoms with Gasteiger partial charge in [-0.1, -0.05) is 0 Å². The average molecular weight is 326 g/mol. The largest absolute Gasteiger partial charge is 0.374 e. The molecular formula is C14H20BrN3O. The molecule has 2 saturated heterocycles. The number of fused-ring (bicyclic) bond motifs is 1. The van der Waals surface area contributed by atoms with Gasteiger partial charge < -0.3 is 10.5 Å².